The molecule has 8 heteroatoms. The molecule has 0 radical (unpaired) electrons. The van der Waals surface area contributed by atoms with Crippen LogP contribution in [0, 0.1) is 0 Å². The zero-order valence-electron chi connectivity index (χ0n) is 12.0. The molecule has 0 spiro atoms. The van der Waals surface area contributed by atoms with Gasteiger partial charge in [-0.2, -0.15) is 4.31 Å². The Hall–Kier alpha value is -0.730. The predicted molar refractivity (Wildman–Crippen MR) is 93.3 cm³/mol. The first-order chi connectivity index (χ1) is 10.0. The van der Waals surface area contributed by atoms with Crippen LogP contribution in [0.3, 0.4) is 0 Å². The number of pyridine rings is 1. The minimum absolute atomic E-state index is 0. The average molecular weight is 407 g/mol. The fraction of sp³-hybridized carbons (Fsp3) is 0.357. The summed E-state index contributed by atoms with van der Waals surface area (Å²) in [5, 5.41) is 4.75. The molecule has 2 aromatic rings. The van der Waals surface area contributed by atoms with E-state index in [1.165, 1.54) is 10.5 Å². The van der Waals surface area contributed by atoms with Crippen molar-refractivity contribution in [1.29, 1.82) is 0 Å². The van der Waals surface area contributed by atoms with E-state index < -0.39 is 10.0 Å². The van der Waals surface area contributed by atoms with Crippen LogP contribution >= 0.6 is 28.6 Å². The number of benzene rings is 1. The number of rotatable bonds is 3. The normalized spacial score (nSPS) is 19.3. The second-order valence-corrected chi connectivity index (χ2v) is 7.43. The van der Waals surface area contributed by atoms with Gasteiger partial charge in [-0.05, 0) is 19.5 Å². The molecule has 1 fully saturated rings. The van der Waals surface area contributed by atoms with E-state index in [0.29, 0.717) is 23.5 Å². The number of aromatic nitrogens is 1. The number of fused-ring (bicyclic) bond motifs is 1. The van der Waals surface area contributed by atoms with Crippen molar-refractivity contribution in [2.45, 2.75) is 17.4 Å². The van der Waals surface area contributed by atoms with Crippen molar-refractivity contribution in [1.82, 2.24) is 14.6 Å². The van der Waals surface area contributed by atoms with Gasteiger partial charge in [-0.15, -0.1) is 17.0 Å². The van der Waals surface area contributed by atoms with Gasteiger partial charge < -0.3 is 5.32 Å². The fourth-order valence-electron chi connectivity index (χ4n) is 2.70. The molecule has 0 amide bonds. The van der Waals surface area contributed by atoms with Gasteiger partial charge >= 0.3 is 0 Å². The maximum atomic E-state index is 12.9. The number of sulfonamides is 1. The van der Waals surface area contributed by atoms with E-state index >= 15 is 0 Å². The first-order valence-corrected chi connectivity index (χ1v) is 8.55. The lowest BCUT2D eigenvalue weighted by atomic mass is 10.2. The number of nitrogens with one attached hydrogen (secondary N) is 1. The van der Waals surface area contributed by atoms with E-state index in [1.807, 2.05) is 13.1 Å². The topological polar surface area (TPSA) is 62.3 Å². The maximum Gasteiger partial charge on any atom is 0.243 e. The molecule has 2 heterocycles. The number of likely N-dealkylation sites (N-methyl/N-ethyl adjacent to an activating group) is 1. The summed E-state index contributed by atoms with van der Waals surface area (Å²) in [7, 11) is -1.70. The summed E-state index contributed by atoms with van der Waals surface area (Å²) in [6.45, 7) is 1.00. The summed E-state index contributed by atoms with van der Waals surface area (Å²) in [5.74, 6) is 0. The molecule has 1 unspecified atom stereocenters. The summed E-state index contributed by atoms with van der Waals surface area (Å²) in [5.41, 5.74) is 0. The van der Waals surface area contributed by atoms with E-state index in [0.717, 1.165) is 11.8 Å². The molecule has 120 valence electrons. The first kappa shape index (κ1) is 17.6. The average Bonchev–Trinajstić information content (AvgIpc) is 2.97. The second kappa shape index (κ2) is 6.80. The zero-order valence-corrected chi connectivity index (χ0v) is 15.3. The Morgan fingerprint density at radius 3 is 2.82 bits per heavy atom. The van der Waals surface area contributed by atoms with Crippen LogP contribution in [-0.4, -0.2) is 43.9 Å². The molecule has 1 aliphatic heterocycles. The Kier molecular flexibility index (Phi) is 5.45. The van der Waals surface area contributed by atoms with E-state index in [2.05, 4.69) is 10.3 Å². The molecule has 1 N–H and O–H groups in total. The molecule has 1 aromatic heterocycles. The third kappa shape index (κ3) is 3.00. The van der Waals surface area contributed by atoms with Crippen molar-refractivity contribution < 1.29 is 8.42 Å². The summed E-state index contributed by atoms with van der Waals surface area (Å²) in [4.78, 5) is 4.26. The lowest BCUT2D eigenvalue weighted by molar-refractivity contribution is 0.465. The van der Waals surface area contributed by atoms with Crippen molar-refractivity contribution in [2.75, 3.05) is 20.1 Å². The number of nitrogens with zero attached hydrogens (tertiary/aromatic N) is 2. The zero-order chi connectivity index (χ0) is 15.0. The highest BCUT2D eigenvalue weighted by molar-refractivity contribution is 8.93. The highest BCUT2D eigenvalue weighted by Gasteiger charge is 2.33. The SMILES string of the molecule is Br.CNC1CCN(S(=O)(=O)c2cccc3cncc(Cl)c23)C1. The van der Waals surface area contributed by atoms with Gasteiger partial charge in [-0.3, -0.25) is 4.98 Å². The van der Waals surface area contributed by atoms with E-state index in [9.17, 15) is 8.42 Å². The van der Waals surface area contributed by atoms with E-state index in [4.69, 9.17) is 11.6 Å². The monoisotopic (exact) mass is 405 g/mol. The van der Waals surface area contributed by atoms with Crippen LogP contribution in [0.25, 0.3) is 10.8 Å². The second-order valence-electron chi connectivity index (χ2n) is 5.11. The molecule has 5 nitrogen and oxygen atoms in total. The van der Waals surface area contributed by atoms with Crippen molar-refractivity contribution in [3.8, 4) is 0 Å². The van der Waals surface area contributed by atoms with Crippen LogP contribution in [0.2, 0.25) is 5.02 Å². The maximum absolute atomic E-state index is 12.9. The highest BCUT2D eigenvalue weighted by atomic mass is 79.9. The molecule has 1 saturated heterocycles. The molecule has 1 aromatic carbocycles. The molecular formula is C14H17BrClN3O2S. The lowest BCUT2D eigenvalue weighted by Crippen LogP contribution is -2.33. The summed E-state index contributed by atoms with van der Waals surface area (Å²) >= 11 is 6.17. The van der Waals surface area contributed by atoms with Crippen LogP contribution in [-0.2, 0) is 10.0 Å². The number of hydrogen-bond acceptors (Lipinski definition) is 4. The van der Waals surface area contributed by atoms with Crippen LogP contribution in [0.1, 0.15) is 6.42 Å². The first-order valence-electron chi connectivity index (χ1n) is 6.73. The van der Waals surface area contributed by atoms with Crippen LogP contribution in [0.15, 0.2) is 35.5 Å². The van der Waals surface area contributed by atoms with Crippen molar-refractivity contribution in [3.05, 3.63) is 35.6 Å². The van der Waals surface area contributed by atoms with Gasteiger partial charge in [0.15, 0.2) is 0 Å². The molecule has 22 heavy (non-hydrogen) atoms. The Labute approximate surface area is 145 Å². The third-order valence-electron chi connectivity index (χ3n) is 3.88. The molecule has 1 atom stereocenters. The Morgan fingerprint density at radius 1 is 1.36 bits per heavy atom. The largest absolute Gasteiger partial charge is 0.316 e. The minimum atomic E-state index is -3.55. The molecule has 0 saturated carbocycles. The lowest BCUT2D eigenvalue weighted by Gasteiger charge is -2.18. The summed E-state index contributed by atoms with van der Waals surface area (Å²) < 4.78 is 27.3. The molecular weight excluding hydrogens is 390 g/mol. The van der Waals surface area contributed by atoms with Gasteiger partial charge in [-0.25, -0.2) is 8.42 Å². The minimum Gasteiger partial charge on any atom is -0.316 e. The van der Waals surface area contributed by atoms with Gasteiger partial charge in [0.05, 0.1) is 9.92 Å². The van der Waals surface area contributed by atoms with E-state index in [-0.39, 0.29) is 27.9 Å². The molecule has 0 aliphatic carbocycles. The van der Waals surface area contributed by atoms with Gasteiger partial charge in [0.1, 0.15) is 0 Å². The van der Waals surface area contributed by atoms with Crippen molar-refractivity contribution >= 4 is 49.4 Å². The smallest absolute Gasteiger partial charge is 0.243 e. The van der Waals surface area contributed by atoms with Gasteiger partial charge in [-0.1, -0.05) is 23.7 Å². The number of hydrogen-bond donors (Lipinski definition) is 1. The van der Waals surface area contributed by atoms with Gasteiger partial charge in [0, 0.05) is 42.3 Å². The molecule has 1 aliphatic rings. The van der Waals surface area contributed by atoms with Gasteiger partial charge in [0.25, 0.3) is 0 Å². The van der Waals surface area contributed by atoms with Gasteiger partial charge in [0.2, 0.25) is 10.0 Å². The van der Waals surface area contributed by atoms with Crippen molar-refractivity contribution in [2.24, 2.45) is 0 Å². The quantitative estimate of drug-likeness (QED) is 0.850. The molecule has 3 rings (SSSR count). The Morgan fingerprint density at radius 2 is 2.14 bits per heavy atom. The van der Waals surface area contributed by atoms with Crippen molar-refractivity contribution in [3.63, 3.8) is 0 Å². The number of halogens is 2. The third-order valence-corrected chi connectivity index (χ3v) is 6.07. The fourth-order valence-corrected chi connectivity index (χ4v) is 4.75. The van der Waals surface area contributed by atoms with E-state index in [1.54, 1.807) is 18.3 Å². The summed E-state index contributed by atoms with van der Waals surface area (Å²) in [6.07, 6.45) is 3.92. The van der Waals surface area contributed by atoms with Crippen LogP contribution < -0.4 is 5.32 Å². The predicted octanol–water partition coefficient (Wildman–Crippen LogP) is 2.45. The van der Waals surface area contributed by atoms with Crippen LogP contribution in [0.5, 0.6) is 0 Å². The Bertz CT molecular complexity index is 780. The molecule has 0 bridgehead atoms. The highest BCUT2D eigenvalue weighted by Crippen LogP contribution is 2.31. The summed E-state index contributed by atoms with van der Waals surface area (Å²) in [6, 6.07) is 5.34. The van der Waals surface area contributed by atoms with Crippen LogP contribution in [0.4, 0.5) is 0 Å². The Balaban J connectivity index is 0.00000176. The standard InChI is InChI=1S/C14H16ClN3O2S.BrH/c1-16-11-5-6-18(9-11)21(19,20)13-4-2-3-10-7-17-8-12(15)14(10)13;/h2-4,7-8,11,16H,5-6,9H2,1H3;1H.